The van der Waals surface area contributed by atoms with Crippen LogP contribution >= 0.6 is 0 Å². The highest BCUT2D eigenvalue weighted by Crippen LogP contribution is 2.21. The fraction of sp³-hybridized carbons (Fsp3) is 0.519. The Morgan fingerprint density at radius 1 is 1.15 bits per heavy atom. The van der Waals surface area contributed by atoms with Crippen LogP contribution in [0.3, 0.4) is 0 Å². The van der Waals surface area contributed by atoms with E-state index in [-0.39, 0.29) is 11.8 Å². The number of rotatable bonds is 8. The molecule has 4 rings (SSSR count). The van der Waals surface area contributed by atoms with Crippen LogP contribution in [0.1, 0.15) is 53.4 Å². The third kappa shape index (κ3) is 6.64. The second-order valence-corrected chi connectivity index (χ2v) is 9.64. The summed E-state index contributed by atoms with van der Waals surface area (Å²) in [6.07, 6.45) is 5.52. The van der Waals surface area contributed by atoms with Gasteiger partial charge >= 0.3 is 0 Å². The average molecular weight is 465 g/mol. The van der Waals surface area contributed by atoms with E-state index in [2.05, 4.69) is 39.5 Å². The fourth-order valence-corrected chi connectivity index (χ4v) is 5.03. The van der Waals surface area contributed by atoms with Crippen molar-refractivity contribution in [3.63, 3.8) is 0 Å². The molecule has 2 N–H and O–H groups in total. The number of fused-ring (bicyclic) bond motifs is 1. The van der Waals surface area contributed by atoms with E-state index in [4.69, 9.17) is 0 Å². The number of benzene rings is 1. The lowest BCUT2D eigenvalue weighted by Crippen LogP contribution is -2.38. The van der Waals surface area contributed by atoms with Gasteiger partial charge in [0.2, 0.25) is 5.91 Å². The molecule has 1 saturated heterocycles. The molecular formula is C27H36N4O3. The van der Waals surface area contributed by atoms with Crippen molar-refractivity contribution in [1.29, 1.82) is 0 Å². The van der Waals surface area contributed by atoms with Crippen LogP contribution in [0, 0.1) is 5.92 Å². The topological polar surface area (TPSA) is 85.8 Å². The zero-order valence-corrected chi connectivity index (χ0v) is 20.1. The van der Waals surface area contributed by atoms with Gasteiger partial charge in [0.25, 0.3) is 5.91 Å². The first-order valence-electron chi connectivity index (χ1n) is 12.4. The van der Waals surface area contributed by atoms with Gasteiger partial charge in [0.15, 0.2) is 0 Å². The van der Waals surface area contributed by atoms with Crippen molar-refractivity contribution in [2.24, 2.45) is 5.92 Å². The number of hydrogen-bond acceptors (Lipinski definition) is 5. The van der Waals surface area contributed by atoms with Gasteiger partial charge in [0, 0.05) is 63.6 Å². The summed E-state index contributed by atoms with van der Waals surface area (Å²) < 4.78 is 0. The minimum absolute atomic E-state index is 0.130. The summed E-state index contributed by atoms with van der Waals surface area (Å²) in [5.74, 6) is 0.495. The number of aliphatic hydroxyl groups is 1. The van der Waals surface area contributed by atoms with Crippen LogP contribution in [-0.2, 0) is 24.2 Å². The van der Waals surface area contributed by atoms with Crippen LogP contribution in [-0.4, -0.2) is 70.5 Å². The summed E-state index contributed by atoms with van der Waals surface area (Å²) in [4.78, 5) is 32.8. The minimum Gasteiger partial charge on any atom is -0.392 e. The Balaban J connectivity index is 1.19. The molecule has 1 fully saturated rings. The molecule has 0 bridgehead atoms. The molecule has 1 aromatic heterocycles. The van der Waals surface area contributed by atoms with Crippen molar-refractivity contribution in [2.45, 2.75) is 51.7 Å². The van der Waals surface area contributed by atoms with E-state index in [9.17, 15) is 14.7 Å². The summed E-state index contributed by atoms with van der Waals surface area (Å²) in [6.45, 7) is 6.09. The Kier molecular flexibility index (Phi) is 8.29. The van der Waals surface area contributed by atoms with Crippen LogP contribution in [0.15, 0.2) is 42.6 Å². The van der Waals surface area contributed by atoms with Crippen LogP contribution in [0.2, 0.25) is 0 Å². The zero-order chi connectivity index (χ0) is 23.9. The van der Waals surface area contributed by atoms with E-state index in [0.717, 1.165) is 57.6 Å². The maximum atomic E-state index is 12.6. The van der Waals surface area contributed by atoms with Crippen molar-refractivity contribution in [2.75, 3.05) is 32.7 Å². The zero-order valence-electron chi connectivity index (χ0n) is 20.1. The number of carbonyl (C=O) groups is 2. The smallest absolute Gasteiger partial charge is 0.251 e. The first-order valence-corrected chi connectivity index (χ1v) is 12.4. The summed E-state index contributed by atoms with van der Waals surface area (Å²) >= 11 is 0. The molecule has 3 heterocycles. The van der Waals surface area contributed by atoms with Crippen molar-refractivity contribution >= 4 is 11.8 Å². The number of β-amino-alcohol motifs (C(OH)–C–C–N with tert-alkyl or cyclic N) is 1. The average Bonchev–Trinajstić information content (AvgIpc) is 2.84. The quantitative estimate of drug-likeness (QED) is 0.627. The van der Waals surface area contributed by atoms with Gasteiger partial charge in [0.05, 0.1) is 6.10 Å². The summed E-state index contributed by atoms with van der Waals surface area (Å²) in [5, 5.41) is 13.4. The molecule has 1 aromatic carbocycles. The lowest BCUT2D eigenvalue weighted by molar-refractivity contribution is -0.130. The van der Waals surface area contributed by atoms with Gasteiger partial charge in [-0.15, -0.1) is 0 Å². The van der Waals surface area contributed by atoms with Crippen LogP contribution in [0.5, 0.6) is 0 Å². The van der Waals surface area contributed by atoms with Crippen molar-refractivity contribution in [3.8, 4) is 0 Å². The number of amides is 2. The molecule has 0 saturated carbocycles. The molecule has 2 aliphatic heterocycles. The lowest BCUT2D eigenvalue weighted by atomic mass is 9.91. The Morgan fingerprint density at radius 2 is 1.91 bits per heavy atom. The normalized spacial score (nSPS) is 17.8. The van der Waals surface area contributed by atoms with Crippen molar-refractivity contribution in [1.82, 2.24) is 20.1 Å². The van der Waals surface area contributed by atoms with E-state index in [1.54, 1.807) is 19.2 Å². The highest BCUT2D eigenvalue weighted by Gasteiger charge is 2.22. The van der Waals surface area contributed by atoms with E-state index >= 15 is 0 Å². The molecule has 0 aliphatic carbocycles. The number of hydrogen-bond donors (Lipinski definition) is 2. The number of nitrogens with zero attached hydrogens (tertiary/aromatic N) is 3. The molecule has 182 valence electrons. The maximum Gasteiger partial charge on any atom is 0.251 e. The predicted octanol–water partition coefficient (Wildman–Crippen LogP) is 2.42. The van der Waals surface area contributed by atoms with Gasteiger partial charge in [-0.1, -0.05) is 24.3 Å². The third-order valence-electron chi connectivity index (χ3n) is 7.08. The van der Waals surface area contributed by atoms with Gasteiger partial charge in [-0.25, -0.2) is 0 Å². The lowest BCUT2D eigenvalue weighted by Gasteiger charge is -2.31. The summed E-state index contributed by atoms with van der Waals surface area (Å²) in [5.41, 5.74) is 4.26. The molecule has 7 heteroatoms. The first kappa shape index (κ1) is 24.4. The van der Waals surface area contributed by atoms with Crippen molar-refractivity contribution < 1.29 is 14.7 Å². The largest absolute Gasteiger partial charge is 0.392 e. The highest BCUT2D eigenvalue weighted by atomic mass is 16.3. The molecule has 34 heavy (non-hydrogen) atoms. The molecule has 0 radical (unpaired) electrons. The van der Waals surface area contributed by atoms with Gasteiger partial charge in [-0.2, -0.15) is 0 Å². The van der Waals surface area contributed by atoms with E-state index in [1.807, 2.05) is 11.0 Å². The summed E-state index contributed by atoms with van der Waals surface area (Å²) in [7, 11) is 0. The maximum absolute atomic E-state index is 12.6. The Labute approximate surface area is 202 Å². The molecule has 7 nitrogen and oxygen atoms in total. The summed E-state index contributed by atoms with van der Waals surface area (Å²) in [6, 6.07) is 12.1. The number of nitrogens with one attached hydrogen (secondary N) is 1. The van der Waals surface area contributed by atoms with E-state index in [0.29, 0.717) is 31.0 Å². The van der Waals surface area contributed by atoms with Gasteiger partial charge in [-0.05, 0) is 61.3 Å². The molecule has 1 unspecified atom stereocenters. The SMILES string of the molecule is CC(=O)N1CCC(Cc2cc(C(=O)NCCC(O)CN3CCc4ccccc4C3)ccn2)CC1. The number of pyridine rings is 1. The number of carbonyl (C=O) groups excluding carboxylic acids is 2. The molecule has 2 aromatic rings. The van der Waals surface area contributed by atoms with Gasteiger partial charge in [-0.3, -0.25) is 19.5 Å². The highest BCUT2D eigenvalue weighted by molar-refractivity contribution is 5.94. The fourth-order valence-electron chi connectivity index (χ4n) is 5.03. The third-order valence-corrected chi connectivity index (χ3v) is 7.08. The van der Waals surface area contributed by atoms with Gasteiger partial charge in [0.1, 0.15) is 0 Å². The molecular weight excluding hydrogens is 428 g/mol. The monoisotopic (exact) mass is 464 g/mol. The Morgan fingerprint density at radius 3 is 2.68 bits per heavy atom. The van der Waals surface area contributed by atoms with Crippen LogP contribution < -0.4 is 5.32 Å². The van der Waals surface area contributed by atoms with Crippen LogP contribution in [0.25, 0.3) is 0 Å². The molecule has 2 amide bonds. The van der Waals surface area contributed by atoms with Crippen molar-refractivity contribution in [3.05, 3.63) is 65.0 Å². The second kappa shape index (κ2) is 11.6. The number of aliphatic hydroxyl groups excluding tert-OH is 1. The number of piperidine rings is 1. The van der Waals surface area contributed by atoms with E-state index in [1.165, 1.54) is 11.1 Å². The number of aromatic nitrogens is 1. The second-order valence-electron chi connectivity index (χ2n) is 9.64. The Hall–Kier alpha value is -2.77. The van der Waals surface area contributed by atoms with Crippen LogP contribution in [0.4, 0.5) is 0 Å². The Bertz CT molecular complexity index is 987. The first-order chi connectivity index (χ1) is 16.5. The molecule has 1 atom stereocenters. The minimum atomic E-state index is -0.473. The molecule has 2 aliphatic rings. The van der Waals surface area contributed by atoms with Gasteiger partial charge < -0.3 is 15.3 Å². The van der Waals surface area contributed by atoms with E-state index < -0.39 is 6.10 Å². The number of likely N-dealkylation sites (tertiary alicyclic amines) is 1. The standard InChI is InChI=1S/C27H36N4O3/c1-20(32)31-14-8-21(9-15-31)16-25-17-23(6-11-28-25)27(34)29-12-7-26(33)19-30-13-10-22-4-2-3-5-24(22)18-30/h2-6,11,17,21,26,33H,7-10,12-16,18-19H2,1H3,(H,29,34). The predicted molar refractivity (Wildman–Crippen MR) is 131 cm³/mol. The molecule has 0 spiro atoms.